The Morgan fingerprint density at radius 1 is 0.571 bits per heavy atom. The second kappa shape index (κ2) is 20.7. The minimum Gasteiger partial charge on any atom is -0.374 e. The Morgan fingerprint density at radius 2 is 0.857 bits per heavy atom. The molecule has 0 radical (unpaired) electrons. The normalized spacial score (nSPS) is 12.0. The molecule has 0 spiro atoms. The molecule has 0 saturated carbocycles. The first-order chi connectivity index (χ1) is 13.5. The Hall–Kier alpha value is 0.444. The van der Waals surface area contributed by atoms with Gasteiger partial charge in [-0.05, 0) is 60.9 Å². The monoisotopic (exact) mass is 461 g/mol. The third-order valence-electron chi connectivity index (χ3n) is 3.49. The molecule has 0 aliphatic carbocycles. The molecule has 0 bridgehead atoms. The van der Waals surface area contributed by atoms with E-state index in [0.717, 1.165) is 24.9 Å². The number of nitrogens with two attached hydrogens (primary N) is 1. The molecule has 0 amide bonds. The van der Waals surface area contributed by atoms with Crippen molar-refractivity contribution in [1.82, 2.24) is 0 Å². The van der Waals surface area contributed by atoms with Crippen molar-refractivity contribution in [1.29, 1.82) is 0 Å². The van der Waals surface area contributed by atoms with Crippen molar-refractivity contribution < 1.29 is 26.6 Å². The third kappa shape index (κ3) is 14.4. The average molecular weight is 462 g/mol. The van der Waals surface area contributed by atoms with Crippen molar-refractivity contribution in [2.24, 2.45) is 5.73 Å². The molecule has 0 aliphatic rings. The molecule has 0 saturated heterocycles. The summed E-state index contributed by atoms with van der Waals surface area (Å²) in [5.41, 5.74) is 5.48. The molecule has 0 aromatic heterocycles. The zero-order valence-electron chi connectivity index (χ0n) is 18.9. The first kappa shape index (κ1) is 30.6. The van der Waals surface area contributed by atoms with Crippen molar-refractivity contribution in [3.05, 3.63) is 0 Å². The maximum Gasteiger partial charge on any atom is 0.500 e. The predicted molar refractivity (Wildman–Crippen MR) is 120 cm³/mol. The van der Waals surface area contributed by atoms with Crippen LogP contribution in [0.2, 0.25) is 12.1 Å². The topological polar surface area (TPSA) is 81.4 Å². The van der Waals surface area contributed by atoms with Crippen LogP contribution in [-0.4, -0.2) is 69.7 Å². The van der Waals surface area contributed by atoms with Gasteiger partial charge in [-0.25, -0.2) is 0 Å². The Bertz CT molecular complexity index is 268. The fourth-order valence-corrected chi connectivity index (χ4v) is 8.21. The highest BCUT2D eigenvalue weighted by atomic mass is 35.5. The van der Waals surface area contributed by atoms with E-state index in [1.807, 2.05) is 41.5 Å². The molecule has 2 N–H and O–H groups in total. The van der Waals surface area contributed by atoms with Gasteiger partial charge >= 0.3 is 17.6 Å². The molecule has 10 heteroatoms. The van der Waals surface area contributed by atoms with Crippen molar-refractivity contribution in [2.45, 2.75) is 66.5 Å². The lowest BCUT2D eigenvalue weighted by atomic mass is 10.5. The quantitative estimate of drug-likeness (QED) is 0.243. The highest BCUT2D eigenvalue weighted by Gasteiger charge is 2.40. The maximum atomic E-state index is 5.66. The summed E-state index contributed by atoms with van der Waals surface area (Å²) in [6, 6.07) is 1.63. The van der Waals surface area contributed by atoms with Crippen LogP contribution < -0.4 is 5.73 Å². The zero-order valence-corrected chi connectivity index (χ0v) is 21.6. The van der Waals surface area contributed by atoms with E-state index < -0.39 is 17.6 Å². The molecule has 7 nitrogen and oxygen atoms in total. The Labute approximate surface area is 180 Å². The Balaban J connectivity index is 0. The summed E-state index contributed by atoms with van der Waals surface area (Å²) in [7, 11) is -4.80. The molecule has 0 heterocycles. The van der Waals surface area contributed by atoms with E-state index in [1.54, 1.807) is 0 Å². The summed E-state index contributed by atoms with van der Waals surface area (Å²) < 4.78 is 33.9. The highest BCUT2D eigenvalue weighted by Crippen LogP contribution is 2.18. The van der Waals surface area contributed by atoms with E-state index in [0.29, 0.717) is 52.1 Å². The van der Waals surface area contributed by atoms with Gasteiger partial charge in [-0.3, -0.25) is 0 Å². The van der Waals surface area contributed by atoms with E-state index in [9.17, 15) is 0 Å². The predicted octanol–water partition coefficient (Wildman–Crippen LogP) is 4.05. The Morgan fingerprint density at radius 3 is 1.07 bits per heavy atom. The van der Waals surface area contributed by atoms with Gasteiger partial charge in [0.2, 0.25) is 0 Å². The summed E-state index contributed by atoms with van der Waals surface area (Å²) in [6.07, 6.45) is 1.78. The molecule has 172 valence electrons. The second-order valence-electron chi connectivity index (χ2n) is 5.65. The van der Waals surface area contributed by atoms with Crippen LogP contribution in [0.4, 0.5) is 0 Å². The standard InChI is InChI=1S/C9H21ClO3Si.C9H23NO3Si/c2*1-4-11-14(12-5-2,13-6-3)9-7-8-10/h4-9H2,1-3H3;4-10H2,1-3H3. The summed E-state index contributed by atoms with van der Waals surface area (Å²) in [4.78, 5) is 0. The van der Waals surface area contributed by atoms with E-state index >= 15 is 0 Å². The van der Waals surface area contributed by atoms with Crippen LogP contribution >= 0.6 is 11.6 Å². The zero-order chi connectivity index (χ0) is 21.7. The average Bonchev–Trinajstić information content (AvgIpc) is 2.67. The van der Waals surface area contributed by atoms with Gasteiger partial charge in [0, 0.05) is 57.6 Å². The largest absolute Gasteiger partial charge is 0.500 e. The lowest BCUT2D eigenvalue weighted by Crippen LogP contribution is -2.46. The molecule has 0 aromatic carbocycles. The van der Waals surface area contributed by atoms with Crippen LogP contribution in [0, 0.1) is 0 Å². The molecule has 0 unspecified atom stereocenters. The summed E-state index contributed by atoms with van der Waals surface area (Å²) in [5.74, 6) is 0.627. The van der Waals surface area contributed by atoms with Crippen molar-refractivity contribution in [3.8, 4) is 0 Å². The van der Waals surface area contributed by atoms with Gasteiger partial charge in [0.05, 0.1) is 0 Å². The van der Waals surface area contributed by atoms with Gasteiger partial charge < -0.3 is 32.3 Å². The number of hydrogen-bond acceptors (Lipinski definition) is 7. The third-order valence-corrected chi connectivity index (χ3v) is 10.1. The van der Waals surface area contributed by atoms with E-state index in [4.69, 9.17) is 43.9 Å². The molecular weight excluding hydrogens is 418 g/mol. The van der Waals surface area contributed by atoms with E-state index in [-0.39, 0.29) is 0 Å². The highest BCUT2D eigenvalue weighted by molar-refractivity contribution is 6.61. The van der Waals surface area contributed by atoms with Crippen LogP contribution in [0.5, 0.6) is 0 Å². The van der Waals surface area contributed by atoms with Crippen LogP contribution in [0.15, 0.2) is 0 Å². The molecular formula is C18H44ClNO6Si2. The molecule has 0 aromatic rings. The van der Waals surface area contributed by atoms with Crippen LogP contribution in [0.1, 0.15) is 54.4 Å². The fourth-order valence-electron chi connectivity index (χ4n) is 2.60. The Kier molecular flexibility index (Phi) is 22.7. The van der Waals surface area contributed by atoms with Gasteiger partial charge in [0.1, 0.15) is 0 Å². The first-order valence-electron chi connectivity index (χ1n) is 10.6. The lowest BCUT2D eigenvalue weighted by molar-refractivity contribution is 0.0703. The van der Waals surface area contributed by atoms with Gasteiger partial charge in [-0.15, -0.1) is 11.6 Å². The smallest absolute Gasteiger partial charge is 0.374 e. The van der Waals surface area contributed by atoms with Crippen molar-refractivity contribution in [2.75, 3.05) is 52.1 Å². The summed E-state index contributed by atoms with van der Waals surface area (Å²) in [6.45, 7) is 16.2. The minimum atomic E-state index is -2.40. The summed E-state index contributed by atoms with van der Waals surface area (Å²) >= 11 is 5.66. The van der Waals surface area contributed by atoms with Gasteiger partial charge in [-0.2, -0.15) is 0 Å². The van der Waals surface area contributed by atoms with Crippen LogP contribution in [-0.2, 0) is 26.6 Å². The molecule has 0 atom stereocenters. The SMILES string of the molecule is CCO[Si](CCCCl)(OCC)OCC.CCO[Si](CCCN)(OCC)OCC. The molecule has 0 aliphatic heterocycles. The first-order valence-corrected chi connectivity index (χ1v) is 15.0. The second-order valence-corrected chi connectivity index (χ2v) is 11.5. The molecule has 0 fully saturated rings. The number of halogens is 1. The van der Waals surface area contributed by atoms with Crippen LogP contribution in [0.25, 0.3) is 0 Å². The maximum absolute atomic E-state index is 5.66. The van der Waals surface area contributed by atoms with Gasteiger partial charge in [-0.1, -0.05) is 0 Å². The molecule has 0 rings (SSSR count). The van der Waals surface area contributed by atoms with Gasteiger partial charge in [0.15, 0.2) is 0 Å². The molecule has 28 heavy (non-hydrogen) atoms. The van der Waals surface area contributed by atoms with Crippen molar-refractivity contribution >= 4 is 29.2 Å². The lowest BCUT2D eigenvalue weighted by Gasteiger charge is -2.28. The van der Waals surface area contributed by atoms with E-state index in [1.165, 1.54) is 0 Å². The number of alkyl halides is 1. The number of hydrogen-bond donors (Lipinski definition) is 1. The van der Waals surface area contributed by atoms with Crippen LogP contribution in [0.3, 0.4) is 0 Å². The van der Waals surface area contributed by atoms with Gasteiger partial charge in [0.25, 0.3) is 0 Å². The van der Waals surface area contributed by atoms with E-state index in [2.05, 4.69) is 0 Å². The number of rotatable bonds is 18. The van der Waals surface area contributed by atoms with Crippen molar-refractivity contribution in [3.63, 3.8) is 0 Å². The minimum absolute atomic E-state index is 0.627. The summed E-state index contributed by atoms with van der Waals surface area (Å²) in [5, 5.41) is 0. The fraction of sp³-hybridized carbons (Fsp3) is 1.00.